The van der Waals surface area contributed by atoms with Crippen molar-refractivity contribution in [1.82, 2.24) is 24.4 Å². The average Bonchev–Trinajstić information content (AvgIpc) is 3.08. The van der Waals surface area contributed by atoms with Crippen LogP contribution in [0.25, 0.3) is 11.2 Å². The summed E-state index contributed by atoms with van der Waals surface area (Å²) >= 11 is 0. The molecule has 2 saturated heterocycles. The maximum atomic E-state index is 9.73. The number of aliphatic hydroxyl groups is 1. The van der Waals surface area contributed by atoms with Crippen molar-refractivity contribution in [2.24, 2.45) is 11.3 Å². The van der Waals surface area contributed by atoms with E-state index < -0.39 is 0 Å². The second-order valence-electron chi connectivity index (χ2n) is 8.86. The van der Waals surface area contributed by atoms with Crippen LogP contribution in [0.3, 0.4) is 0 Å². The third kappa shape index (κ3) is 3.73. The SMILES string of the molecule is CC(C)N(C)CC1CCN(c2ncnc3c2ncn3CC2(CO)COC2)CC1. The minimum atomic E-state index is -0.209. The highest BCUT2D eigenvalue weighted by Crippen LogP contribution is 2.32. The number of rotatable bonds is 7. The molecule has 0 saturated carbocycles. The first-order valence-corrected chi connectivity index (χ1v) is 10.3. The molecule has 2 aromatic heterocycles. The number of hydrogen-bond donors (Lipinski definition) is 1. The third-order valence-electron chi connectivity index (χ3n) is 6.38. The van der Waals surface area contributed by atoms with Gasteiger partial charge in [-0.15, -0.1) is 0 Å². The van der Waals surface area contributed by atoms with Gasteiger partial charge in [0.2, 0.25) is 0 Å². The predicted molar refractivity (Wildman–Crippen MR) is 108 cm³/mol. The molecule has 28 heavy (non-hydrogen) atoms. The van der Waals surface area contributed by atoms with E-state index in [1.807, 2.05) is 10.9 Å². The van der Waals surface area contributed by atoms with Crippen LogP contribution >= 0.6 is 0 Å². The van der Waals surface area contributed by atoms with Crippen molar-refractivity contribution in [3.8, 4) is 0 Å². The van der Waals surface area contributed by atoms with Crippen LogP contribution in [0.5, 0.6) is 0 Å². The Morgan fingerprint density at radius 2 is 2.00 bits per heavy atom. The lowest BCUT2D eigenvalue weighted by atomic mass is 9.87. The predicted octanol–water partition coefficient (Wildman–Crippen LogP) is 1.39. The summed E-state index contributed by atoms with van der Waals surface area (Å²) in [5.41, 5.74) is 1.49. The fraction of sp³-hybridized carbons (Fsp3) is 0.750. The molecule has 154 valence electrons. The number of anilines is 1. The number of nitrogens with zero attached hydrogens (tertiary/aromatic N) is 6. The average molecular weight is 389 g/mol. The second kappa shape index (κ2) is 7.93. The molecule has 2 aromatic rings. The maximum absolute atomic E-state index is 9.73. The molecule has 8 heteroatoms. The zero-order valence-corrected chi connectivity index (χ0v) is 17.2. The molecule has 0 spiro atoms. The maximum Gasteiger partial charge on any atom is 0.165 e. The van der Waals surface area contributed by atoms with E-state index in [0.717, 1.165) is 42.5 Å². The topological polar surface area (TPSA) is 79.5 Å². The van der Waals surface area contributed by atoms with Crippen molar-refractivity contribution in [3.63, 3.8) is 0 Å². The van der Waals surface area contributed by atoms with Gasteiger partial charge in [0.1, 0.15) is 6.33 Å². The molecule has 2 aliphatic heterocycles. The van der Waals surface area contributed by atoms with Gasteiger partial charge in [0.15, 0.2) is 17.0 Å². The van der Waals surface area contributed by atoms with Crippen molar-refractivity contribution in [2.45, 2.75) is 39.3 Å². The van der Waals surface area contributed by atoms with Gasteiger partial charge < -0.3 is 24.2 Å². The van der Waals surface area contributed by atoms with Gasteiger partial charge in [-0.3, -0.25) is 0 Å². The van der Waals surface area contributed by atoms with Crippen LogP contribution in [0, 0.1) is 11.3 Å². The monoisotopic (exact) mass is 388 g/mol. The van der Waals surface area contributed by atoms with Gasteiger partial charge >= 0.3 is 0 Å². The molecule has 0 unspecified atom stereocenters. The summed E-state index contributed by atoms with van der Waals surface area (Å²) in [6.07, 6.45) is 5.81. The van der Waals surface area contributed by atoms with E-state index in [9.17, 15) is 5.11 Å². The molecular formula is C20H32N6O2. The number of aromatic nitrogens is 4. The highest BCUT2D eigenvalue weighted by molar-refractivity contribution is 5.83. The van der Waals surface area contributed by atoms with Gasteiger partial charge in [0.05, 0.1) is 31.6 Å². The smallest absolute Gasteiger partial charge is 0.165 e. The standard InChI is InChI=1S/C20H32N6O2/c1-15(2)24(3)8-16-4-6-25(7-5-16)18-17-19(22-13-21-18)26(14-23-17)9-20(10-27)11-28-12-20/h13-16,27H,4-12H2,1-3H3. The lowest BCUT2D eigenvalue weighted by molar-refractivity contribution is -0.144. The van der Waals surface area contributed by atoms with Crippen LogP contribution in [0.1, 0.15) is 26.7 Å². The van der Waals surface area contributed by atoms with Crippen molar-refractivity contribution in [1.29, 1.82) is 0 Å². The number of fused-ring (bicyclic) bond motifs is 1. The van der Waals surface area contributed by atoms with Crippen molar-refractivity contribution < 1.29 is 9.84 Å². The molecule has 4 heterocycles. The molecule has 1 N–H and O–H groups in total. The summed E-state index contributed by atoms with van der Waals surface area (Å²) in [5.74, 6) is 1.67. The summed E-state index contributed by atoms with van der Waals surface area (Å²) in [4.78, 5) is 18.5. The molecule has 4 rings (SSSR count). The quantitative estimate of drug-likeness (QED) is 0.768. The van der Waals surface area contributed by atoms with Crippen LogP contribution in [0.15, 0.2) is 12.7 Å². The molecule has 0 bridgehead atoms. The zero-order valence-electron chi connectivity index (χ0n) is 17.2. The van der Waals surface area contributed by atoms with Gasteiger partial charge in [0.25, 0.3) is 0 Å². The Bertz CT molecular complexity index is 790. The minimum Gasteiger partial charge on any atom is -0.396 e. The van der Waals surface area contributed by atoms with Crippen LogP contribution in [-0.4, -0.2) is 82.1 Å². The van der Waals surface area contributed by atoms with Crippen LogP contribution < -0.4 is 4.90 Å². The number of imidazole rings is 1. The molecule has 0 amide bonds. The summed E-state index contributed by atoms with van der Waals surface area (Å²) in [5, 5.41) is 9.73. The molecule has 0 aromatic carbocycles. The van der Waals surface area contributed by atoms with Gasteiger partial charge in [0, 0.05) is 32.2 Å². The van der Waals surface area contributed by atoms with Crippen LogP contribution in [0.2, 0.25) is 0 Å². The highest BCUT2D eigenvalue weighted by atomic mass is 16.5. The Morgan fingerprint density at radius 1 is 1.25 bits per heavy atom. The van der Waals surface area contributed by atoms with E-state index in [1.54, 1.807) is 6.33 Å². The molecule has 8 nitrogen and oxygen atoms in total. The molecule has 2 fully saturated rings. The Morgan fingerprint density at radius 3 is 2.61 bits per heavy atom. The van der Waals surface area contributed by atoms with E-state index in [4.69, 9.17) is 4.74 Å². The molecule has 0 atom stereocenters. The Balaban J connectivity index is 1.47. The van der Waals surface area contributed by atoms with E-state index in [0.29, 0.717) is 25.8 Å². The number of ether oxygens (including phenoxy) is 1. The van der Waals surface area contributed by atoms with Crippen molar-refractivity contribution >= 4 is 17.0 Å². The van der Waals surface area contributed by atoms with E-state index in [1.165, 1.54) is 12.8 Å². The van der Waals surface area contributed by atoms with Gasteiger partial charge in [-0.25, -0.2) is 15.0 Å². The van der Waals surface area contributed by atoms with Gasteiger partial charge in [-0.1, -0.05) is 0 Å². The molecular weight excluding hydrogens is 356 g/mol. The number of hydrogen-bond acceptors (Lipinski definition) is 7. The zero-order chi connectivity index (χ0) is 19.7. The largest absolute Gasteiger partial charge is 0.396 e. The first kappa shape index (κ1) is 19.5. The van der Waals surface area contributed by atoms with E-state index in [-0.39, 0.29) is 12.0 Å². The lowest BCUT2D eigenvalue weighted by Crippen LogP contribution is -2.48. The highest BCUT2D eigenvalue weighted by Gasteiger charge is 2.39. The fourth-order valence-corrected chi connectivity index (χ4v) is 4.15. The van der Waals surface area contributed by atoms with Crippen molar-refractivity contribution in [2.75, 3.05) is 51.4 Å². The fourth-order valence-electron chi connectivity index (χ4n) is 4.15. The summed E-state index contributed by atoms with van der Waals surface area (Å²) in [6, 6.07) is 0.590. The Labute approximate surface area is 166 Å². The first-order chi connectivity index (χ1) is 13.5. The van der Waals surface area contributed by atoms with Crippen LogP contribution in [-0.2, 0) is 11.3 Å². The van der Waals surface area contributed by atoms with Crippen molar-refractivity contribution in [3.05, 3.63) is 12.7 Å². The first-order valence-electron chi connectivity index (χ1n) is 10.3. The summed E-state index contributed by atoms with van der Waals surface area (Å²) < 4.78 is 7.35. The molecule has 2 aliphatic rings. The summed E-state index contributed by atoms with van der Waals surface area (Å²) in [7, 11) is 2.21. The third-order valence-corrected chi connectivity index (χ3v) is 6.38. The number of piperidine rings is 1. The molecule has 0 radical (unpaired) electrons. The summed E-state index contributed by atoms with van der Waals surface area (Å²) in [6.45, 7) is 9.61. The Kier molecular flexibility index (Phi) is 5.53. The second-order valence-corrected chi connectivity index (χ2v) is 8.86. The number of aliphatic hydroxyl groups excluding tert-OH is 1. The Hall–Kier alpha value is -1.77. The normalized spacial score (nSPS) is 20.3. The minimum absolute atomic E-state index is 0.114. The molecule has 0 aliphatic carbocycles. The lowest BCUT2D eigenvalue weighted by Gasteiger charge is -2.40. The van der Waals surface area contributed by atoms with Gasteiger partial charge in [-0.05, 0) is 39.7 Å². The van der Waals surface area contributed by atoms with Crippen LogP contribution in [0.4, 0.5) is 5.82 Å². The van der Waals surface area contributed by atoms with E-state index in [2.05, 4.69) is 45.6 Å². The van der Waals surface area contributed by atoms with E-state index >= 15 is 0 Å². The van der Waals surface area contributed by atoms with Gasteiger partial charge in [-0.2, -0.15) is 0 Å².